The summed E-state index contributed by atoms with van der Waals surface area (Å²) >= 11 is 0. The Morgan fingerprint density at radius 1 is 0.590 bits per heavy atom. The van der Waals surface area contributed by atoms with E-state index in [0.717, 1.165) is 73.2 Å². The first-order chi connectivity index (χ1) is 19.1. The van der Waals surface area contributed by atoms with Crippen molar-refractivity contribution in [3.05, 3.63) is 106 Å². The number of aromatic amines is 2. The van der Waals surface area contributed by atoms with Gasteiger partial charge in [-0.3, -0.25) is 0 Å². The van der Waals surface area contributed by atoms with Gasteiger partial charge in [-0.2, -0.15) is 0 Å². The number of H-pyrrole nitrogens is 2. The summed E-state index contributed by atoms with van der Waals surface area (Å²) < 4.78 is 0. The van der Waals surface area contributed by atoms with Crippen molar-refractivity contribution in [2.24, 2.45) is 0 Å². The van der Waals surface area contributed by atoms with E-state index in [1.54, 1.807) is 24.3 Å². The van der Waals surface area contributed by atoms with E-state index in [2.05, 4.69) is 22.1 Å². The predicted molar refractivity (Wildman–Crippen MR) is 157 cm³/mol. The molecule has 39 heavy (non-hydrogen) atoms. The summed E-state index contributed by atoms with van der Waals surface area (Å²) in [6.45, 7) is 0. The number of aromatic hydroxyl groups is 2. The highest BCUT2D eigenvalue weighted by atomic mass is 16.3. The fourth-order valence-corrected chi connectivity index (χ4v) is 5.12. The molecule has 0 atom stereocenters. The van der Waals surface area contributed by atoms with E-state index in [1.807, 2.05) is 72.8 Å². The first kappa shape index (κ1) is 22.8. The minimum Gasteiger partial charge on any atom is -0.508 e. The van der Waals surface area contributed by atoms with Gasteiger partial charge in [0, 0.05) is 32.9 Å². The lowest BCUT2D eigenvalue weighted by Gasteiger charge is -2.06. The number of rotatable bonds is 2. The molecule has 5 heterocycles. The van der Waals surface area contributed by atoms with E-state index in [4.69, 9.17) is 9.97 Å². The number of hydrogen-bond acceptors (Lipinski definition) is 4. The smallest absolute Gasteiger partial charge is 0.115 e. The molecular weight excluding hydrogens is 484 g/mol. The van der Waals surface area contributed by atoms with Crippen molar-refractivity contribution in [2.45, 2.75) is 6.42 Å². The van der Waals surface area contributed by atoms with E-state index >= 15 is 0 Å². The number of nitrogens with one attached hydrogen (secondary N) is 2. The van der Waals surface area contributed by atoms with Gasteiger partial charge in [0.2, 0.25) is 0 Å². The summed E-state index contributed by atoms with van der Waals surface area (Å²) in [7, 11) is 0. The molecule has 4 aromatic rings. The average molecular weight is 509 g/mol. The topological polar surface area (TPSA) is 97.8 Å². The highest BCUT2D eigenvalue weighted by Gasteiger charge is 2.13. The molecule has 3 aliphatic rings. The van der Waals surface area contributed by atoms with Gasteiger partial charge in [0.25, 0.3) is 0 Å². The van der Waals surface area contributed by atoms with Crippen LogP contribution in [0.15, 0.2) is 72.8 Å². The number of phenols is 2. The van der Waals surface area contributed by atoms with Gasteiger partial charge in [0.15, 0.2) is 0 Å². The van der Waals surface area contributed by atoms with Gasteiger partial charge in [-0.15, -0.1) is 0 Å². The van der Waals surface area contributed by atoms with Crippen LogP contribution in [0.5, 0.6) is 11.5 Å². The average Bonchev–Trinajstić information content (AvgIpc) is 3.70. The third kappa shape index (κ3) is 4.38. The van der Waals surface area contributed by atoms with Crippen LogP contribution in [0, 0.1) is 0 Å². The van der Waals surface area contributed by atoms with Crippen LogP contribution in [0.25, 0.3) is 69.7 Å². The van der Waals surface area contributed by atoms with Gasteiger partial charge in [-0.05, 0) is 90.4 Å². The number of benzene rings is 2. The molecule has 3 aliphatic heterocycles. The minimum atomic E-state index is 0.221. The van der Waals surface area contributed by atoms with Crippen LogP contribution in [-0.4, -0.2) is 30.1 Å². The fraction of sp³-hybridized carbons (Fsp3) is 0.0303. The molecule has 0 fully saturated rings. The molecule has 0 aliphatic carbocycles. The summed E-state index contributed by atoms with van der Waals surface area (Å²) in [5.74, 6) is 0.443. The Labute approximate surface area is 224 Å². The number of fused-ring (bicyclic) bond motifs is 8. The van der Waals surface area contributed by atoms with Gasteiger partial charge in [-0.1, -0.05) is 36.4 Å². The zero-order valence-electron chi connectivity index (χ0n) is 20.9. The quantitative estimate of drug-likeness (QED) is 0.239. The number of phenolic OH excluding ortho intramolecular Hbond substituents is 2. The van der Waals surface area contributed by atoms with Crippen LogP contribution in [-0.2, 0) is 0 Å². The molecule has 0 spiro atoms. The van der Waals surface area contributed by atoms with Gasteiger partial charge >= 0.3 is 0 Å². The zero-order chi connectivity index (χ0) is 26.3. The predicted octanol–water partition coefficient (Wildman–Crippen LogP) is 5.77. The monoisotopic (exact) mass is 508 g/mol. The normalized spacial score (nSPS) is 12.9. The van der Waals surface area contributed by atoms with Crippen LogP contribution in [0.2, 0.25) is 0 Å². The molecular formula is C33H24N4O2. The molecule has 2 aromatic carbocycles. The first-order valence-corrected chi connectivity index (χ1v) is 12.8. The van der Waals surface area contributed by atoms with Gasteiger partial charge in [-0.25, -0.2) is 9.97 Å². The van der Waals surface area contributed by atoms with Gasteiger partial charge in [0.1, 0.15) is 11.5 Å². The Kier molecular flexibility index (Phi) is 5.37. The van der Waals surface area contributed by atoms with Crippen LogP contribution in [0.1, 0.15) is 29.2 Å². The van der Waals surface area contributed by atoms with Crippen molar-refractivity contribution in [1.29, 1.82) is 0 Å². The van der Waals surface area contributed by atoms with Crippen molar-refractivity contribution >= 4 is 47.5 Å². The molecule has 7 rings (SSSR count). The molecule has 0 saturated carbocycles. The highest BCUT2D eigenvalue weighted by molar-refractivity contribution is 5.91. The lowest BCUT2D eigenvalue weighted by Crippen LogP contribution is -2.22. The van der Waals surface area contributed by atoms with Crippen molar-refractivity contribution < 1.29 is 10.2 Å². The van der Waals surface area contributed by atoms with Crippen molar-refractivity contribution in [1.82, 2.24) is 19.9 Å². The molecule has 4 N–H and O–H groups in total. The maximum atomic E-state index is 9.89. The lowest BCUT2D eigenvalue weighted by molar-refractivity contribution is 0.475. The highest BCUT2D eigenvalue weighted by Crippen LogP contribution is 2.31. The Morgan fingerprint density at radius 2 is 1.21 bits per heavy atom. The molecule has 6 nitrogen and oxygen atoms in total. The Morgan fingerprint density at radius 3 is 1.90 bits per heavy atom. The summed E-state index contributed by atoms with van der Waals surface area (Å²) in [6, 6.07) is 22.5. The van der Waals surface area contributed by atoms with E-state index < -0.39 is 0 Å². The molecule has 188 valence electrons. The molecule has 0 amide bonds. The molecule has 0 unspecified atom stereocenters. The molecule has 6 heteroatoms. The second kappa shape index (κ2) is 9.19. The van der Waals surface area contributed by atoms with E-state index in [-0.39, 0.29) is 11.5 Å². The number of nitrogens with zero attached hydrogens (tertiary/aromatic N) is 2. The van der Waals surface area contributed by atoms with E-state index in [9.17, 15) is 10.2 Å². The summed E-state index contributed by atoms with van der Waals surface area (Å²) in [5.41, 5.74) is 9.03. The van der Waals surface area contributed by atoms with Crippen molar-refractivity contribution in [2.75, 3.05) is 0 Å². The zero-order valence-corrected chi connectivity index (χ0v) is 20.9. The molecule has 0 radical (unpaired) electrons. The second-order valence-corrected chi connectivity index (χ2v) is 9.61. The third-order valence-corrected chi connectivity index (χ3v) is 6.94. The molecule has 8 bridgehead atoms. The third-order valence-electron chi connectivity index (χ3n) is 6.94. The lowest BCUT2D eigenvalue weighted by atomic mass is 10.0. The standard InChI is InChI=1S/C33H24N4O2/c38-26-11-4-20(5-12-26)32-28-3-1-2-22(34-28)18-23-8-16-30(35-23)33(21-6-13-27(39)14-7-21)31-17-10-25(37-31)19-24-9-15-29(32)36-24/h2-19,34,37-39H,1H2. The van der Waals surface area contributed by atoms with E-state index in [1.165, 1.54) is 0 Å². The molecule has 0 saturated heterocycles. The van der Waals surface area contributed by atoms with Crippen LogP contribution in [0.3, 0.4) is 0 Å². The van der Waals surface area contributed by atoms with Crippen LogP contribution >= 0.6 is 0 Å². The maximum Gasteiger partial charge on any atom is 0.115 e. The van der Waals surface area contributed by atoms with Crippen molar-refractivity contribution in [3.63, 3.8) is 0 Å². The largest absolute Gasteiger partial charge is 0.508 e. The van der Waals surface area contributed by atoms with Crippen molar-refractivity contribution in [3.8, 4) is 33.8 Å². The first-order valence-electron chi connectivity index (χ1n) is 12.8. The Balaban J connectivity index is 1.58. The number of hydrogen-bond donors (Lipinski definition) is 4. The Bertz CT molecular complexity index is 1990. The van der Waals surface area contributed by atoms with Crippen LogP contribution < -0.4 is 10.7 Å². The number of aromatic nitrogens is 4. The summed E-state index contributed by atoms with van der Waals surface area (Å²) in [4.78, 5) is 17.0. The summed E-state index contributed by atoms with van der Waals surface area (Å²) in [5, 5.41) is 21.7. The minimum absolute atomic E-state index is 0.221. The van der Waals surface area contributed by atoms with Crippen LogP contribution in [0.4, 0.5) is 0 Å². The second-order valence-electron chi connectivity index (χ2n) is 9.61. The maximum absolute atomic E-state index is 9.89. The van der Waals surface area contributed by atoms with Gasteiger partial charge < -0.3 is 20.2 Å². The summed E-state index contributed by atoms with van der Waals surface area (Å²) in [6.07, 6.45) is 13.1. The van der Waals surface area contributed by atoms with Gasteiger partial charge in [0.05, 0.1) is 22.8 Å². The Hall–Kier alpha value is -5.36. The van der Waals surface area contributed by atoms with E-state index in [0.29, 0.717) is 0 Å². The SMILES string of the molecule is Oc1ccc(-c2c3nc(cc4ccc([nH]4)c(-c4ccc(O)cc4)c4nc(cc5[nH]c2=CCC=5)C=C4)C=C3)cc1. The fourth-order valence-electron chi connectivity index (χ4n) is 5.12. The molecule has 2 aromatic heterocycles.